The van der Waals surface area contributed by atoms with Crippen LogP contribution in [0.15, 0.2) is 0 Å². The first-order valence-electron chi connectivity index (χ1n) is 8.01. The van der Waals surface area contributed by atoms with Gasteiger partial charge in [-0.15, -0.1) is 0 Å². The lowest BCUT2D eigenvalue weighted by atomic mass is 9.77. The first kappa shape index (κ1) is 12.0. The van der Waals surface area contributed by atoms with Gasteiger partial charge in [0.05, 0.1) is 0 Å². The van der Waals surface area contributed by atoms with E-state index in [4.69, 9.17) is 0 Å². The summed E-state index contributed by atoms with van der Waals surface area (Å²) in [6.45, 7) is 4.85. The van der Waals surface area contributed by atoms with Crippen LogP contribution in [0.4, 0.5) is 0 Å². The van der Waals surface area contributed by atoms with Gasteiger partial charge in [-0.3, -0.25) is 0 Å². The van der Waals surface area contributed by atoms with Crippen molar-refractivity contribution in [3.63, 3.8) is 0 Å². The molecule has 3 aliphatic rings. The van der Waals surface area contributed by atoms with Crippen molar-refractivity contribution in [2.75, 3.05) is 0 Å². The first-order valence-corrected chi connectivity index (χ1v) is 8.01. The van der Waals surface area contributed by atoms with Crippen molar-refractivity contribution in [1.82, 2.24) is 5.32 Å². The second-order valence-electron chi connectivity index (χ2n) is 7.17. The van der Waals surface area contributed by atoms with E-state index in [2.05, 4.69) is 19.2 Å². The van der Waals surface area contributed by atoms with Gasteiger partial charge in [0, 0.05) is 12.1 Å². The smallest absolute Gasteiger partial charge is 0.0126 e. The molecular formula is C16H29N. The van der Waals surface area contributed by atoms with E-state index in [1.54, 1.807) is 0 Å². The SMILES string of the molecule is CC(C)C1CCCCC1NC(C1CC1)C1CC1. The monoisotopic (exact) mass is 235 g/mol. The van der Waals surface area contributed by atoms with Gasteiger partial charge in [-0.2, -0.15) is 0 Å². The molecule has 1 N–H and O–H groups in total. The minimum Gasteiger partial charge on any atom is -0.310 e. The maximum atomic E-state index is 4.11. The number of hydrogen-bond acceptors (Lipinski definition) is 1. The molecule has 0 radical (unpaired) electrons. The van der Waals surface area contributed by atoms with Crippen molar-refractivity contribution in [3.05, 3.63) is 0 Å². The van der Waals surface area contributed by atoms with Crippen LogP contribution in [0, 0.1) is 23.7 Å². The summed E-state index contributed by atoms with van der Waals surface area (Å²) in [4.78, 5) is 0. The molecule has 3 rings (SSSR count). The molecule has 0 aliphatic heterocycles. The summed E-state index contributed by atoms with van der Waals surface area (Å²) < 4.78 is 0. The van der Waals surface area contributed by atoms with Gasteiger partial charge in [-0.25, -0.2) is 0 Å². The molecule has 0 aromatic carbocycles. The molecule has 2 unspecified atom stereocenters. The predicted molar refractivity (Wildman–Crippen MR) is 73.0 cm³/mol. The molecule has 0 aromatic heterocycles. The third kappa shape index (κ3) is 2.86. The Hall–Kier alpha value is -0.0400. The second kappa shape index (κ2) is 4.91. The van der Waals surface area contributed by atoms with Gasteiger partial charge in [0.2, 0.25) is 0 Å². The van der Waals surface area contributed by atoms with Crippen LogP contribution in [0.3, 0.4) is 0 Å². The van der Waals surface area contributed by atoms with E-state index < -0.39 is 0 Å². The summed E-state index contributed by atoms with van der Waals surface area (Å²) in [6.07, 6.45) is 11.9. The zero-order valence-corrected chi connectivity index (χ0v) is 11.6. The molecular weight excluding hydrogens is 206 g/mol. The van der Waals surface area contributed by atoms with E-state index in [0.717, 1.165) is 35.8 Å². The fourth-order valence-electron chi connectivity index (χ4n) is 3.98. The third-order valence-electron chi connectivity index (χ3n) is 5.34. The van der Waals surface area contributed by atoms with Gasteiger partial charge < -0.3 is 5.32 Å². The highest BCUT2D eigenvalue weighted by atomic mass is 15.0. The molecule has 3 fully saturated rings. The second-order valence-corrected chi connectivity index (χ2v) is 7.17. The molecule has 1 nitrogen and oxygen atoms in total. The van der Waals surface area contributed by atoms with Crippen molar-refractivity contribution in [2.45, 2.75) is 77.3 Å². The van der Waals surface area contributed by atoms with Crippen LogP contribution in [-0.2, 0) is 0 Å². The van der Waals surface area contributed by atoms with E-state index in [9.17, 15) is 0 Å². The topological polar surface area (TPSA) is 12.0 Å². The van der Waals surface area contributed by atoms with E-state index in [1.165, 1.54) is 51.4 Å². The Morgan fingerprint density at radius 3 is 1.94 bits per heavy atom. The zero-order valence-electron chi connectivity index (χ0n) is 11.6. The Morgan fingerprint density at radius 1 is 0.824 bits per heavy atom. The fourth-order valence-corrected chi connectivity index (χ4v) is 3.98. The van der Waals surface area contributed by atoms with E-state index in [1.807, 2.05) is 0 Å². The molecule has 3 saturated carbocycles. The average molecular weight is 235 g/mol. The van der Waals surface area contributed by atoms with Crippen molar-refractivity contribution < 1.29 is 0 Å². The summed E-state index contributed by atoms with van der Waals surface area (Å²) in [5.41, 5.74) is 0. The molecule has 0 bridgehead atoms. The highest BCUT2D eigenvalue weighted by Gasteiger charge is 2.43. The maximum absolute atomic E-state index is 4.11. The number of nitrogens with one attached hydrogen (secondary N) is 1. The van der Waals surface area contributed by atoms with Gasteiger partial charge in [-0.1, -0.05) is 26.7 Å². The molecule has 3 aliphatic carbocycles. The van der Waals surface area contributed by atoms with E-state index in [-0.39, 0.29) is 0 Å². The zero-order chi connectivity index (χ0) is 11.8. The lowest BCUT2D eigenvalue weighted by molar-refractivity contribution is 0.181. The highest BCUT2D eigenvalue weighted by molar-refractivity contribution is 4.99. The molecule has 0 aromatic rings. The minimum absolute atomic E-state index is 0.843. The summed E-state index contributed by atoms with van der Waals surface area (Å²) in [6, 6.07) is 1.74. The Balaban J connectivity index is 1.60. The van der Waals surface area contributed by atoms with Gasteiger partial charge in [0.1, 0.15) is 0 Å². The van der Waals surface area contributed by atoms with Gasteiger partial charge >= 0.3 is 0 Å². The Labute approximate surface area is 107 Å². The number of rotatable bonds is 5. The van der Waals surface area contributed by atoms with Gasteiger partial charge in [0.15, 0.2) is 0 Å². The van der Waals surface area contributed by atoms with Gasteiger partial charge in [-0.05, 0) is 62.2 Å². The van der Waals surface area contributed by atoms with Crippen LogP contribution in [-0.4, -0.2) is 12.1 Å². The Bertz CT molecular complexity index is 240. The molecule has 2 atom stereocenters. The number of hydrogen-bond donors (Lipinski definition) is 1. The molecule has 0 heterocycles. The lowest BCUT2D eigenvalue weighted by Gasteiger charge is -2.38. The summed E-state index contributed by atoms with van der Waals surface area (Å²) >= 11 is 0. The van der Waals surface area contributed by atoms with Crippen LogP contribution >= 0.6 is 0 Å². The summed E-state index contributed by atoms with van der Waals surface area (Å²) in [5, 5.41) is 4.11. The highest BCUT2D eigenvalue weighted by Crippen LogP contribution is 2.45. The van der Waals surface area contributed by atoms with E-state index in [0.29, 0.717) is 0 Å². The summed E-state index contributed by atoms with van der Waals surface area (Å²) in [5.74, 6) is 3.92. The quantitative estimate of drug-likeness (QED) is 0.760. The first-order chi connectivity index (χ1) is 8.25. The molecule has 1 heteroatoms. The fraction of sp³-hybridized carbons (Fsp3) is 1.00. The molecule has 17 heavy (non-hydrogen) atoms. The molecule has 98 valence electrons. The third-order valence-corrected chi connectivity index (χ3v) is 5.34. The lowest BCUT2D eigenvalue weighted by Crippen LogP contribution is -2.47. The largest absolute Gasteiger partial charge is 0.310 e. The van der Waals surface area contributed by atoms with Crippen molar-refractivity contribution >= 4 is 0 Å². The van der Waals surface area contributed by atoms with Crippen LogP contribution in [0.25, 0.3) is 0 Å². The Morgan fingerprint density at radius 2 is 1.41 bits per heavy atom. The van der Waals surface area contributed by atoms with E-state index >= 15 is 0 Å². The predicted octanol–water partition coefficient (Wildman–Crippen LogP) is 3.98. The average Bonchev–Trinajstić information content (AvgIpc) is 3.16. The normalized spacial score (nSPS) is 34.6. The van der Waals surface area contributed by atoms with Crippen LogP contribution in [0.1, 0.15) is 65.2 Å². The standard InChI is InChI=1S/C16H29N/c1-11(2)14-5-3-4-6-15(14)17-16(12-7-8-12)13-9-10-13/h11-17H,3-10H2,1-2H3. The van der Waals surface area contributed by atoms with Crippen LogP contribution in [0.5, 0.6) is 0 Å². The molecule has 0 saturated heterocycles. The summed E-state index contributed by atoms with van der Waals surface area (Å²) in [7, 11) is 0. The van der Waals surface area contributed by atoms with Crippen molar-refractivity contribution in [3.8, 4) is 0 Å². The minimum atomic E-state index is 0.843. The molecule has 0 amide bonds. The maximum Gasteiger partial charge on any atom is 0.0126 e. The van der Waals surface area contributed by atoms with Crippen LogP contribution < -0.4 is 5.32 Å². The van der Waals surface area contributed by atoms with Crippen molar-refractivity contribution in [2.24, 2.45) is 23.7 Å². The molecule has 0 spiro atoms. The Kier molecular flexibility index (Phi) is 3.47. The van der Waals surface area contributed by atoms with Crippen LogP contribution in [0.2, 0.25) is 0 Å². The van der Waals surface area contributed by atoms with Crippen molar-refractivity contribution in [1.29, 1.82) is 0 Å². The van der Waals surface area contributed by atoms with Gasteiger partial charge in [0.25, 0.3) is 0 Å².